The van der Waals surface area contributed by atoms with Crippen LogP contribution in [0.25, 0.3) is 0 Å². The van der Waals surface area contributed by atoms with E-state index in [4.69, 9.17) is 4.43 Å². The van der Waals surface area contributed by atoms with E-state index in [2.05, 4.69) is 39.6 Å². The molecular formula is C12H26OSi. The van der Waals surface area contributed by atoms with Gasteiger partial charge in [0.15, 0.2) is 0 Å². The van der Waals surface area contributed by atoms with Gasteiger partial charge in [-0.25, -0.2) is 0 Å². The third-order valence-electron chi connectivity index (χ3n) is 1.97. The Hall–Kier alpha value is -0.243. The van der Waals surface area contributed by atoms with Crippen LogP contribution in [0.3, 0.4) is 0 Å². The molecule has 84 valence electrons. The van der Waals surface area contributed by atoms with Crippen LogP contribution in [0, 0.1) is 0 Å². The fraction of sp³-hybridized carbons (Fsp3) is 0.833. The molecule has 0 saturated heterocycles. The Morgan fingerprint density at radius 1 is 1.14 bits per heavy atom. The zero-order valence-electron chi connectivity index (χ0n) is 10.5. The van der Waals surface area contributed by atoms with E-state index in [9.17, 15) is 0 Å². The summed E-state index contributed by atoms with van der Waals surface area (Å²) in [4.78, 5) is 0. The van der Waals surface area contributed by atoms with Crippen LogP contribution >= 0.6 is 0 Å². The quantitative estimate of drug-likeness (QED) is 0.339. The van der Waals surface area contributed by atoms with Crippen LogP contribution in [0.5, 0.6) is 0 Å². The van der Waals surface area contributed by atoms with Gasteiger partial charge < -0.3 is 4.43 Å². The van der Waals surface area contributed by atoms with Crippen molar-refractivity contribution in [1.29, 1.82) is 0 Å². The van der Waals surface area contributed by atoms with E-state index < -0.39 is 8.32 Å². The van der Waals surface area contributed by atoms with Gasteiger partial charge in [0.2, 0.25) is 8.32 Å². The minimum Gasteiger partial charge on any atom is -0.548 e. The van der Waals surface area contributed by atoms with Gasteiger partial charge in [-0.15, -0.1) is 0 Å². The first kappa shape index (κ1) is 13.8. The first-order valence-corrected chi connectivity index (χ1v) is 9.28. The van der Waals surface area contributed by atoms with Gasteiger partial charge in [-0.3, -0.25) is 0 Å². The smallest absolute Gasteiger partial charge is 0.241 e. The van der Waals surface area contributed by atoms with E-state index in [-0.39, 0.29) is 0 Å². The maximum absolute atomic E-state index is 5.97. The van der Waals surface area contributed by atoms with Gasteiger partial charge >= 0.3 is 0 Å². The maximum atomic E-state index is 5.97. The molecule has 0 aliphatic rings. The van der Waals surface area contributed by atoms with Crippen LogP contribution in [0.15, 0.2) is 11.8 Å². The third kappa shape index (κ3) is 8.36. The molecular weight excluding hydrogens is 188 g/mol. The molecule has 1 nitrogen and oxygen atoms in total. The number of rotatable bonds is 7. The minimum absolute atomic E-state index is 1.04. The molecule has 0 bridgehead atoms. The SMILES string of the molecule is CCCCC/C=C(/CC)O[Si](C)(C)C. The summed E-state index contributed by atoms with van der Waals surface area (Å²) in [5, 5.41) is 0. The summed E-state index contributed by atoms with van der Waals surface area (Å²) in [5.41, 5.74) is 0. The molecule has 0 rings (SSSR count). The lowest BCUT2D eigenvalue weighted by atomic mass is 10.2. The summed E-state index contributed by atoms with van der Waals surface area (Å²) in [7, 11) is -1.38. The van der Waals surface area contributed by atoms with E-state index in [1.165, 1.54) is 31.4 Å². The molecule has 0 radical (unpaired) electrons. The number of hydrogen-bond donors (Lipinski definition) is 0. The summed E-state index contributed by atoms with van der Waals surface area (Å²) in [6, 6.07) is 0. The molecule has 0 amide bonds. The first-order valence-electron chi connectivity index (χ1n) is 5.87. The highest BCUT2D eigenvalue weighted by molar-refractivity contribution is 6.70. The predicted molar refractivity (Wildman–Crippen MR) is 66.9 cm³/mol. The molecule has 0 unspecified atom stereocenters. The van der Waals surface area contributed by atoms with Gasteiger partial charge in [-0.2, -0.15) is 0 Å². The highest BCUT2D eigenvalue weighted by atomic mass is 28.4. The normalized spacial score (nSPS) is 13.1. The lowest BCUT2D eigenvalue weighted by molar-refractivity contribution is 0.402. The summed E-state index contributed by atoms with van der Waals surface area (Å²) < 4.78 is 5.97. The van der Waals surface area contributed by atoms with Gasteiger partial charge in [-0.05, 0) is 38.6 Å². The van der Waals surface area contributed by atoms with Crippen LogP contribution in [-0.4, -0.2) is 8.32 Å². The van der Waals surface area contributed by atoms with Gasteiger partial charge in [0.25, 0.3) is 0 Å². The Balaban J connectivity index is 3.87. The predicted octanol–water partition coefficient (Wildman–Crippen LogP) is 4.71. The molecule has 0 spiro atoms. The average molecular weight is 214 g/mol. The van der Waals surface area contributed by atoms with Crippen molar-refractivity contribution in [3.8, 4) is 0 Å². The average Bonchev–Trinajstić information content (AvgIpc) is 2.08. The van der Waals surface area contributed by atoms with Gasteiger partial charge in [0.05, 0.1) is 5.76 Å². The van der Waals surface area contributed by atoms with Crippen molar-refractivity contribution in [1.82, 2.24) is 0 Å². The van der Waals surface area contributed by atoms with Crippen molar-refractivity contribution < 1.29 is 4.43 Å². The second-order valence-electron chi connectivity index (χ2n) is 4.73. The topological polar surface area (TPSA) is 9.23 Å². The molecule has 0 aromatic carbocycles. The molecule has 0 aromatic heterocycles. The molecule has 2 heteroatoms. The van der Waals surface area contributed by atoms with Crippen LogP contribution in [0.2, 0.25) is 19.6 Å². The summed E-state index contributed by atoms with van der Waals surface area (Å²) in [5.74, 6) is 1.21. The second kappa shape index (κ2) is 7.10. The molecule has 0 N–H and O–H groups in total. The monoisotopic (exact) mass is 214 g/mol. The standard InChI is InChI=1S/C12H26OSi/c1-6-8-9-10-11-12(7-2)13-14(3,4)5/h11H,6-10H2,1-5H3/b12-11-. The van der Waals surface area contributed by atoms with E-state index in [1.807, 2.05) is 0 Å². The molecule has 0 aromatic rings. The Bertz CT molecular complexity index is 168. The summed E-state index contributed by atoms with van der Waals surface area (Å²) >= 11 is 0. The van der Waals surface area contributed by atoms with E-state index in [1.54, 1.807) is 0 Å². The molecule has 0 saturated carbocycles. The highest BCUT2D eigenvalue weighted by Gasteiger charge is 2.16. The van der Waals surface area contributed by atoms with Crippen LogP contribution < -0.4 is 0 Å². The zero-order valence-corrected chi connectivity index (χ0v) is 11.5. The number of allylic oxidation sites excluding steroid dienone is 2. The van der Waals surface area contributed by atoms with Gasteiger partial charge in [-0.1, -0.05) is 26.7 Å². The Labute approximate surface area is 90.7 Å². The van der Waals surface area contributed by atoms with E-state index >= 15 is 0 Å². The summed E-state index contributed by atoms with van der Waals surface area (Å²) in [6.45, 7) is 11.1. The number of unbranched alkanes of at least 4 members (excludes halogenated alkanes) is 3. The minimum atomic E-state index is -1.38. The molecule has 14 heavy (non-hydrogen) atoms. The molecule has 0 heterocycles. The molecule has 0 aliphatic carbocycles. The Kier molecular flexibility index (Phi) is 6.98. The molecule has 0 aliphatic heterocycles. The Morgan fingerprint density at radius 3 is 2.21 bits per heavy atom. The van der Waals surface area contributed by atoms with Crippen molar-refractivity contribution in [2.75, 3.05) is 0 Å². The van der Waals surface area contributed by atoms with Crippen molar-refractivity contribution >= 4 is 8.32 Å². The van der Waals surface area contributed by atoms with Crippen molar-refractivity contribution in [3.63, 3.8) is 0 Å². The van der Waals surface area contributed by atoms with Crippen LogP contribution in [0.4, 0.5) is 0 Å². The highest BCUT2D eigenvalue weighted by Crippen LogP contribution is 2.14. The van der Waals surface area contributed by atoms with Crippen molar-refractivity contribution in [2.24, 2.45) is 0 Å². The van der Waals surface area contributed by atoms with Crippen LogP contribution in [-0.2, 0) is 4.43 Å². The maximum Gasteiger partial charge on any atom is 0.241 e. The lowest BCUT2D eigenvalue weighted by Gasteiger charge is -2.21. The van der Waals surface area contributed by atoms with E-state index in [0.717, 1.165) is 6.42 Å². The third-order valence-corrected chi connectivity index (χ3v) is 2.84. The molecule has 0 atom stereocenters. The van der Waals surface area contributed by atoms with Crippen LogP contribution in [0.1, 0.15) is 46.0 Å². The summed E-state index contributed by atoms with van der Waals surface area (Å²) in [6.07, 6.45) is 8.44. The largest absolute Gasteiger partial charge is 0.548 e. The molecule has 0 fully saturated rings. The van der Waals surface area contributed by atoms with Crippen molar-refractivity contribution in [2.45, 2.75) is 65.6 Å². The van der Waals surface area contributed by atoms with Gasteiger partial charge in [0, 0.05) is 6.42 Å². The lowest BCUT2D eigenvalue weighted by Crippen LogP contribution is -2.24. The zero-order chi connectivity index (χ0) is 11.0. The van der Waals surface area contributed by atoms with Crippen molar-refractivity contribution in [3.05, 3.63) is 11.8 Å². The fourth-order valence-corrected chi connectivity index (χ4v) is 2.32. The second-order valence-corrected chi connectivity index (χ2v) is 9.16. The number of hydrogen-bond acceptors (Lipinski definition) is 1. The Morgan fingerprint density at radius 2 is 1.79 bits per heavy atom. The first-order chi connectivity index (χ1) is 6.49. The van der Waals surface area contributed by atoms with Gasteiger partial charge in [0.1, 0.15) is 0 Å². The van der Waals surface area contributed by atoms with E-state index in [0.29, 0.717) is 0 Å². The fourth-order valence-electron chi connectivity index (χ4n) is 1.31.